The lowest BCUT2D eigenvalue weighted by atomic mass is 10.1. The van der Waals surface area contributed by atoms with Gasteiger partial charge < -0.3 is 0 Å². The number of unbranched alkanes of at least 4 members (excludes halogenated alkanes) is 1. The van der Waals surface area contributed by atoms with Gasteiger partial charge in [0.1, 0.15) is 0 Å². The van der Waals surface area contributed by atoms with Gasteiger partial charge in [-0.2, -0.15) is 0 Å². The van der Waals surface area contributed by atoms with Crippen molar-refractivity contribution in [3.05, 3.63) is 35.9 Å². The van der Waals surface area contributed by atoms with Crippen LogP contribution in [0, 0.1) is 0 Å². The van der Waals surface area contributed by atoms with Crippen LogP contribution in [0.15, 0.2) is 30.3 Å². The van der Waals surface area contributed by atoms with Crippen molar-refractivity contribution in [1.29, 1.82) is 0 Å². The van der Waals surface area contributed by atoms with E-state index in [0.717, 1.165) is 0 Å². The Morgan fingerprint density at radius 1 is 0.789 bits per heavy atom. The monoisotopic (exact) mass is 278 g/mol. The van der Waals surface area contributed by atoms with Gasteiger partial charge >= 0.3 is 0 Å². The lowest BCUT2D eigenvalue weighted by molar-refractivity contribution is 0.691. The fourth-order valence-electron chi connectivity index (χ4n) is 2.92. The van der Waals surface area contributed by atoms with E-state index in [1.165, 1.54) is 31.0 Å². The maximum absolute atomic E-state index is 2.42. The third-order valence-corrected chi connectivity index (χ3v) is 7.56. The van der Waals surface area contributed by atoms with Crippen molar-refractivity contribution in [1.82, 2.24) is 0 Å². The quantitative estimate of drug-likeness (QED) is 0.451. The highest BCUT2D eigenvalue weighted by atomic mass is 31.1. The van der Waals surface area contributed by atoms with Gasteiger partial charge in [0, 0.05) is 0 Å². The van der Waals surface area contributed by atoms with Gasteiger partial charge in [-0.05, 0) is 41.3 Å². The minimum Gasteiger partial charge on any atom is -0.0956 e. The van der Waals surface area contributed by atoms with Crippen molar-refractivity contribution in [2.75, 3.05) is 6.16 Å². The van der Waals surface area contributed by atoms with Gasteiger partial charge in [0.05, 0.1) is 0 Å². The minimum atomic E-state index is 0.0767. The number of hydrogen-bond donors (Lipinski definition) is 0. The molecule has 0 heterocycles. The number of aryl methyl sites for hydroxylation is 1. The van der Waals surface area contributed by atoms with Crippen molar-refractivity contribution in [3.8, 4) is 0 Å². The van der Waals surface area contributed by atoms with Gasteiger partial charge in [-0.1, -0.05) is 79.8 Å². The van der Waals surface area contributed by atoms with E-state index in [0.29, 0.717) is 10.3 Å². The molecule has 0 radical (unpaired) electrons. The van der Waals surface area contributed by atoms with Crippen molar-refractivity contribution < 1.29 is 0 Å². The van der Waals surface area contributed by atoms with Crippen molar-refractivity contribution in [3.63, 3.8) is 0 Å². The van der Waals surface area contributed by atoms with Crippen LogP contribution in [-0.2, 0) is 6.42 Å². The molecule has 0 aromatic heterocycles. The van der Waals surface area contributed by atoms with Crippen LogP contribution in [-0.4, -0.2) is 16.5 Å². The van der Waals surface area contributed by atoms with Gasteiger partial charge in [0.15, 0.2) is 0 Å². The largest absolute Gasteiger partial charge is 0.0956 e. The fourth-order valence-corrected chi connectivity index (χ4v) is 6.81. The highest BCUT2D eigenvalue weighted by Gasteiger charge is 2.33. The predicted octanol–water partition coefficient (Wildman–Crippen LogP) is 6.09. The van der Waals surface area contributed by atoms with Gasteiger partial charge in [0.2, 0.25) is 0 Å². The Kier molecular flexibility index (Phi) is 6.06. The third kappa shape index (κ3) is 6.09. The average Bonchev–Trinajstić information content (AvgIpc) is 2.26. The van der Waals surface area contributed by atoms with E-state index in [4.69, 9.17) is 0 Å². The Morgan fingerprint density at radius 2 is 1.32 bits per heavy atom. The minimum absolute atomic E-state index is 0.0767. The molecule has 0 aliphatic carbocycles. The molecule has 108 valence electrons. The molecule has 1 aromatic rings. The summed E-state index contributed by atoms with van der Waals surface area (Å²) in [5.41, 5.74) is 1.48. The summed E-state index contributed by atoms with van der Waals surface area (Å²) in [4.78, 5) is 0. The van der Waals surface area contributed by atoms with E-state index in [2.05, 4.69) is 71.9 Å². The summed E-state index contributed by atoms with van der Waals surface area (Å²) >= 11 is 0. The molecule has 0 spiro atoms. The first-order valence-electron chi connectivity index (χ1n) is 7.53. The van der Waals surface area contributed by atoms with E-state index >= 15 is 0 Å². The van der Waals surface area contributed by atoms with E-state index in [1.54, 1.807) is 0 Å². The number of hydrogen-bond acceptors (Lipinski definition) is 0. The first-order valence-corrected chi connectivity index (χ1v) is 9.05. The first-order chi connectivity index (χ1) is 8.71. The molecule has 19 heavy (non-hydrogen) atoms. The van der Waals surface area contributed by atoms with Crippen LogP contribution < -0.4 is 0 Å². The lowest BCUT2D eigenvalue weighted by Crippen LogP contribution is -2.26. The highest BCUT2D eigenvalue weighted by molar-refractivity contribution is 7.60. The summed E-state index contributed by atoms with van der Waals surface area (Å²) in [5, 5.41) is 0.945. The zero-order valence-electron chi connectivity index (χ0n) is 13.7. The van der Waals surface area contributed by atoms with Gasteiger partial charge in [-0.15, -0.1) is 0 Å². The molecule has 0 unspecified atom stereocenters. The molecule has 1 rings (SSSR count). The normalized spacial score (nSPS) is 13.0. The molecular formula is C18H31P. The van der Waals surface area contributed by atoms with Crippen molar-refractivity contribution in [2.45, 2.75) is 71.1 Å². The second-order valence-corrected chi connectivity index (χ2v) is 11.4. The molecular weight excluding hydrogens is 247 g/mol. The van der Waals surface area contributed by atoms with Crippen LogP contribution >= 0.6 is 7.92 Å². The topological polar surface area (TPSA) is 0 Å². The molecule has 1 aromatic carbocycles. The Labute approximate surface area is 121 Å². The maximum atomic E-state index is 2.42. The molecule has 0 bridgehead atoms. The fraction of sp³-hybridized carbons (Fsp3) is 0.667. The maximum Gasteiger partial charge on any atom is -0.0175 e. The Hall–Kier alpha value is -0.350. The van der Waals surface area contributed by atoms with Crippen LogP contribution in [0.3, 0.4) is 0 Å². The van der Waals surface area contributed by atoms with E-state index in [-0.39, 0.29) is 7.92 Å². The molecule has 0 saturated heterocycles. The van der Waals surface area contributed by atoms with Crippen LogP contribution in [0.25, 0.3) is 0 Å². The summed E-state index contributed by atoms with van der Waals surface area (Å²) in [6.07, 6.45) is 5.34. The standard InChI is InChI=1S/C18H31P/c1-17(2,3)19(18(4,5)6)15-11-10-14-16-12-8-7-9-13-16/h7-9,12-13H,10-11,14-15H2,1-6H3. The first kappa shape index (κ1) is 16.7. The van der Waals surface area contributed by atoms with E-state index < -0.39 is 0 Å². The molecule has 0 aliphatic heterocycles. The SMILES string of the molecule is CC(C)(C)P(CCCCc1ccccc1)C(C)(C)C. The predicted molar refractivity (Wildman–Crippen MR) is 90.7 cm³/mol. The number of benzene rings is 1. The van der Waals surface area contributed by atoms with Gasteiger partial charge in [0.25, 0.3) is 0 Å². The lowest BCUT2D eigenvalue weighted by Gasteiger charge is -2.41. The van der Waals surface area contributed by atoms with Crippen LogP contribution in [0.1, 0.15) is 59.9 Å². The van der Waals surface area contributed by atoms with Crippen LogP contribution in [0.2, 0.25) is 0 Å². The molecule has 0 aliphatic rings. The van der Waals surface area contributed by atoms with Gasteiger partial charge in [-0.3, -0.25) is 0 Å². The molecule has 0 nitrogen and oxygen atoms in total. The third-order valence-electron chi connectivity index (χ3n) is 3.56. The molecule has 0 fully saturated rings. The summed E-state index contributed by atoms with van der Waals surface area (Å²) < 4.78 is 0. The van der Waals surface area contributed by atoms with Crippen molar-refractivity contribution >= 4 is 7.92 Å². The summed E-state index contributed by atoms with van der Waals surface area (Å²) in [6, 6.07) is 10.9. The molecule has 0 saturated carbocycles. The Bertz CT molecular complexity index is 340. The Morgan fingerprint density at radius 3 is 1.79 bits per heavy atom. The second kappa shape index (κ2) is 6.89. The smallest absolute Gasteiger partial charge is 0.0175 e. The molecule has 0 N–H and O–H groups in total. The van der Waals surface area contributed by atoms with Crippen LogP contribution in [0.4, 0.5) is 0 Å². The summed E-state index contributed by atoms with van der Waals surface area (Å²) in [7, 11) is 0.0767. The summed E-state index contributed by atoms with van der Waals surface area (Å²) in [5.74, 6) is 0. The number of rotatable bonds is 5. The average molecular weight is 278 g/mol. The van der Waals surface area contributed by atoms with Crippen molar-refractivity contribution in [2.24, 2.45) is 0 Å². The van der Waals surface area contributed by atoms with E-state index in [9.17, 15) is 0 Å². The molecule has 1 heteroatoms. The molecule has 0 atom stereocenters. The van der Waals surface area contributed by atoms with E-state index in [1.807, 2.05) is 0 Å². The summed E-state index contributed by atoms with van der Waals surface area (Å²) in [6.45, 7) is 14.5. The highest BCUT2D eigenvalue weighted by Crippen LogP contribution is 2.59. The molecule has 0 amide bonds. The zero-order chi connectivity index (χ0) is 14.5. The Balaban J connectivity index is 2.42. The zero-order valence-corrected chi connectivity index (χ0v) is 14.6. The van der Waals surface area contributed by atoms with Gasteiger partial charge in [-0.25, -0.2) is 0 Å². The second-order valence-electron chi connectivity index (χ2n) is 7.44. The van der Waals surface area contributed by atoms with Crippen LogP contribution in [0.5, 0.6) is 0 Å².